The molecule has 0 aliphatic heterocycles. The molecule has 0 amide bonds. The molecule has 0 saturated heterocycles. The van der Waals surface area contributed by atoms with Gasteiger partial charge in [-0.1, -0.05) is 0 Å². The molecule has 0 aliphatic carbocycles. The predicted molar refractivity (Wildman–Crippen MR) is 27.7 cm³/mol. The van der Waals surface area contributed by atoms with Crippen LogP contribution < -0.4 is 24.0 Å². The summed E-state index contributed by atoms with van der Waals surface area (Å²) in [4.78, 5) is 4.60. The predicted octanol–water partition coefficient (Wildman–Crippen LogP) is -1.53. The first-order valence-electron chi connectivity index (χ1n) is 1.70. The van der Waals surface area contributed by atoms with Crippen molar-refractivity contribution in [2.24, 2.45) is 0 Å². The van der Waals surface area contributed by atoms with Gasteiger partial charge in [-0.25, -0.2) is 0 Å². The van der Waals surface area contributed by atoms with Gasteiger partial charge in [0.15, 0.2) is 0 Å². The van der Waals surface area contributed by atoms with Gasteiger partial charge in [0, 0.05) is 0 Å². The summed E-state index contributed by atoms with van der Waals surface area (Å²) in [5.41, 5.74) is 0. The fraction of sp³-hybridized carbons (Fsp3) is 0.500. The average Bonchev–Trinajstić information content (AvgIpc) is 1.38. The van der Waals surface area contributed by atoms with E-state index in [1.54, 1.807) is 0 Å². The van der Waals surface area contributed by atoms with Crippen LogP contribution in [-0.4, -0.2) is 19.8 Å². The van der Waals surface area contributed by atoms with Gasteiger partial charge in [0.2, 0.25) is 0 Å². The quantitative estimate of drug-likeness (QED) is 0.407. The number of hydrogen-bond donors (Lipinski definition) is 0. The van der Waals surface area contributed by atoms with Gasteiger partial charge >= 0.3 is 40.3 Å². The molecule has 0 aromatic rings. The zero-order valence-corrected chi connectivity index (χ0v) is 9.17. The largest absolute Gasteiger partial charge is 1.00 e. The molecule has 0 nitrogen and oxygen atoms in total. The van der Waals surface area contributed by atoms with Gasteiger partial charge in [-0.2, -0.15) is 0 Å². The number of rotatable bonds is 1. The van der Waals surface area contributed by atoms with Crippen LogP contribution in [-0.2, 0) is 0 Å². The van der Waals surface area contributed by atoms with Gasteiger partial charge in [0.1, 0.15) is 0 Å². The zero-order valence-electron chi connectivity index (χ0n) is 4.16. The Bertz CT molecular complexity index is 34.5. The van der Waals surface area contributed by atoms with Crippen LogP contribution in [0.1, 0.15) is 0 Å². The molecule has 0 atom stereocenters. The molecule has 0 fully saturated rings. The van der Waals surface area contributed by atoms with E-state index in [1.807, 2.05) is 0 Å². The molecular weight excluding hydrogens is 294 g/mol. The first-order valence-corrected chi connectivity index (χ1v) is 9.05. The van der Waals surface area contributed by atoms with Crippen LogP contribution in [0.15, 0.2) is 10.7 Å². The van der Waals surface area contributed by atoms with Gasteiger partial charge in [-0.15, -0.1) is 0 Å². The molecule has 6 heavy (non-hydrogen) atoms. The smallest absolute Gasteiger partial charge is 1.00 e. The van der Waals surface area contributed by atoms with Crippen molar-refractivity contribution in [3.8, 4) is 0 Å². The molecule has 0 bridgehead atoms. The van der Waals surface area contributed by atoms with E-state index >= 15 is 0 Å². The van der Waals surface area contributed by atoms with E-state index in [9.17, 15) is 0 Å². The van der Waals surface area contributed by atoms with Gasteiger partial charge in [0.25, 0.3) is 0 Å². The van der Waals surface area contributed by atoms with E-state index in [2.05, 4.69) is 20.6 Å². The molecule has 0 heterocycles. The fourth-order valence-electron chi connectivity index (χ4n) is 0. The summed E-state index contributed by atoms with van der Waals surface area (Å²) >= 11 is -0.816. The molecule has 0 aromatic heterocycles. The molecule has 0 unspecified atom stereocenters. The van der Waals surface area contributed by atoms with Gasteiger partial charge in [-0.05, 0) is 0 Å². The van der Waals surface area contributed by atoms with Gasteiger partial charge in [0.05, 0.1) is 0 Å². The van der Waals surface area contributed by atoms with E-state index in [4.69, 9.17) is 0 Å². The van der Waals surface area contributed by atoms with Crippen molar-refractivity contribution in [3.63, 3.8) is 0 Å². The first kappa shape index (κ1) is 10.3. The van der Waals surface area contributed by atoms with Crippen LogP contribution >= 0.6 is 0 Å². The van der Waals surface area contributed by atoms with Crippen molar-refractivity contribution in [2.45, 2.75) is 9.88 Å². The standard InChI is InChI=1S/C2H3.2CH3.HI.Sn/c1-2;;;;/h1H,2H2;2*1H3;1H;/q;;;;+1/p-1. The minimum Gasteiger partial charge on any atom is -1.00 e. The average molecular weight is 303 g/mol. The maximum atomic E-state index is 3.65. The summed E-state index contributed by atoms with van der Waals surface area (Å²) in [7, 11) is 0. The Morgan fingerprint density at radius 2 is 1.67 bits per heavy atom. The molecule has 0 radical (unpaired) electrons. The summed E-state index contributed by atoms with van der Waals surface area (Å²) in [6.45, 7) is 3.65. The SMILES string of the molecule is C=[CH][Sn+]([CH3])[CH3].[I-]. The van der Waals surface area contributed by atoms with Crippen molar-refractivity contribution in [1.29, 1.82) is 0 Å². The summed E-state index contributed by atoms with van der Waals surface area (Å²) in [5, 5.41) is 0. The van der Waals surface area contributed by atoms with Gasteiger partial charge < -0.3 is 24.0 Å². The number of hydrogen-bond acceptors (Lipinski definition) is 0. The Labute approximate surface area is 63.8 Å². The fourth-order valence-corrected chi connectivity index (χ4v) is 0. The van der Waals surface area contributed by atoms with Crippen molar-refractivity contribution >= 4 is 19.8 Å². The third-order valence-corrected chi connectivity index (χ3v) is 2.74. The topological polar surface area (TPSA) is 0 Å². The second-order valence-corrected chi connectivity index (χ2v) is 8.60. The van der Waals surface area contributed by atoms with E-state index in [-0.39, 0.29) is 24.0 Å². The Balaban J connectivity index is 0. The maximum absolute atomic E-state index is 3.65. The molecule has 0 saturated carbocycles. The molecule has 0 rings (SSSR count). The van der Waals surface area contributed by atoms with Crippen LogP contribution in [0.5, 0.6) is 0 Å². The van der Waals surface area contributed by atoms with E-state index in [0.717, 1.165) is 0 Å². The summed E-state index contributed by atoms with van der Waals surface area (Å²) in [6, 6.07) is 0. The van der Waals surface area contributed by atoms with E-state index in [1.165, 1.54) is 0 Å². The van der Waals surface area contributed by atoms with Crippen molar-refractivity contribution in [1.82, 2.24) is 0 Å². The third kappa shape index (κ3) is 8.99. The van der Waals surface area contributed by atoms with E-state index < -0.39 is 19.8 Å². The zero-order chi connectivity index (χ0) is 4.28. The molecule has 0 aliphatic rings. The molecule has 2 heteroatoms. The molecule has 0 N–H and O–H groups in total. The van der Waals surface area contributed by atoms with Crippen LogP contribution in [0.4, 0.5) is 0 Å². The Morgan fingerprint density at radius 1 is 1.50 bits per heavy atom. The molecule has 0 spiro atoms. The molecule has 36 valence electrons. The van der Waals surface area contributed by atoms with Gasteiger partial charge in [-0.3, -0.25) is 0 Å². The van der Waals surface area contributed by atoms with Crippen LogP contribution in [0.2, 0.25) is 9.88 Å². The first-order chi connectivity index (χ1) is 2.27. The normalized spacial score (nSPS) is 5.67. The number of halogens is 1. The van der Waals surface area contributed by atoms with Crippen molar-refractivity contribution < 1.29 is 24.0 Å². The molecule has 0 aromatic carbocycles. The van der Waals surface area contributed by atoms with Crippen molar-refractivity contribution in [2.75, 3.05) is 0 Å². The maximum Gasteiger partial charge on any atom is -1.00 e. The third-order valence-electron chi connectivity index (χ3n) is 0.408. The second kappa shape index (κ2) is 6.27. The van der Waals surface area contributed by atoms with E-state index in [0.29, 0.717) is 0 Å². The summed E-state index contributed by atoms with van der Waals surface area (Å²) < 4.78 is 2.11. The summed E-state index contributed by atoms with van der Waals surface area (Å²) in [5.74, 6) is 0. The Hall–Kier alpha value is 1.27. The second-order valence-electron chi connectivity index (χ2n) is 1.28. The van der Waals surface area contributed by atoms with Crippen LogP contribution in [0.3, 0.4) is 0 Å². The molecular formula is C4H9ISn. The summed E-state index contributed by atoms with van der Waals surface area (Å²) in [6.07, 6.45) is 0. The van der Waals surface area contributed by atoms with Crippen LogP contribution in [0.25, 0.3) is 0 Å². The Morgan fingerprint density at radius 3 is 1.67 bits per heavy atom. The van der Waals surface area contributed by atoms with Crippen molar-refractivity contribution in [3.05, 3.63) is 10.7 Å². The minimum absolute atomic E-state index is 0. The monoisotopic (exact) mass is 304 g/mol. The van der Waals surface area contributed by atoms with Crippen LogP contribution in [0, 0.1) is 0 Å². The minimum atomic E-state index is -0.816. The Kier molecular flexibility index (Phi) is 10.8.